The molecule has 0 bridgehead atoms. The maximum absolute atomic E-state index is 11.8. The number of nitrogens with zero attached hydrogens (tertiary/aromatic N) is 2. The molecule has 0 aliphatic carbocycles. The fourth-order valence-corrected chi connectivity index (χ4v) is 2.02. The summed E-state index contributed by atoms with van der Waals surface area (Å²) < 4.78 is 5.33. The van der Waals surface area contributed by atoms with Crippen molar-refractivity contribution in [2.45, 2.75) is 58.6 Å². The molecule has 1 fully saturated rings. The molecule has 6 heteroatoms. The van der Waals surface area contributed by atoms with Crippen LogP contribution in [-0.4, -0.2) is 55.3 Å². The SMILES string of the molecule is CCCCCNC(=NC)NC1CN(C(=O)OC(C)(C)C)C1. The molecular formula is C15H30N4O2. The summed E-state index contributed by atoms with van der Waals surface area (Å²) in [5, 5.41) is 6.61. The summed E-state index contributed by atoms with van der Waals surface area (Å²) in [6.45, 7) is 10.1. The smallest absolute Gasteiger partial charge is 0.410 e. The number of guanidine groups is 1. The van der Waals surface area contributed by atoms with Gasteiger partial charge in [-0.2, -0.15) is 0 Å². The second kappa shape index (κ2) is 8.10. The Kier molecular flexibility index (Phi) is 6.78. The van der Waals surface area contributed by atoms with Crippen LogP contribution in [0.25, 0.3) is 0 Å². The van der Waals surface area contributed by atoms with E-state index in [2.05, 4.69) is 22.5 Å². The van der Waals surface area contributed by atoms with Gasteiger partial charge in [-0.15, -0.1) is 0 Å². The van der Waals surface area contributed by atoms with Crippen LogP contribution in [0.2, 0.25) is 0 Å². The Hall–Kier alpha value is -1.46. The summed E-state index contributed by atoms with van der Waals surface area (Å²) in [7, 11) is 1.76. The van der Waals surface area contributed by atoms with Gasteiger partial charge in [-0.25, -0.2) is 4.79 Å². The van der Waals surface area contributed by atoms with Gasteiger partial charge >= 0.3 is 6.09 Å². The van der Waals surface area contributed by atoms with Crippen LogP contribution in [0.5, 0.6) is 0 Å². The molecular weight excluding hydrogens is 268 g/mol. The van der Waals surface area contributed by atoms with Crippen LogP contribution in [0.3, 0.4) is 0 Å². The number of aliphatic imine (C=N–C) groups is 1. The predicted molar refractivity (Wildman–Crippen MR) is 85.6 cm³/mol. The van der Waals surface area contributed by atoms with E-state index < -0.39 is 5.60 Å². The molecule has 0 atom stereocenters. The van der Waals surface area contributed by atoms with E-state index in [1.54, 1.807) is 11.9 Å². The second-order valence-corrected chi connectivity index (χ2v) is 6.43. The summed E-state index contributed by atoms with van der Waals surface area (Å²) in [6, 6.07) is 0.245. The number of ether oxygens (including phenoxy) is 1. The molecule has 0 aromatic heterocycles. The fraction of sp³-hybridized carbons (Fsp3) is 0.867. The van der Waals surface area contributed by atoms with Crippen LogP contribution in [0, 0.1) is 0 Å². The van der Waals surface area contributed by atoms with E-state index in [9.17, 15) is 4.79 Å². The minimum atomic E-state index is -0.438. The highest BCUT2D eigenvalue weighted by Gasteiger charge is 2.34. The third-order valence-electron chi connectivity index (χ3n) is 3.17. The molecule has 1 aliphatic rings. The van der Waals surface area contributed by atoms with Gasteiger partial charge in [0.25, 0.3) is 0 Å². The fourth-order valence-electron chi connectivity index (χ4n) is 2.02. The van der Waals surface area contributed by atoms with E-state index in [4.69, 9.17) is 4.74 Å². The molecule has 0 radical (unpaired) electrons. The molecule has 21 heavy (non-hydrogen) atoms. The third-order valence-corrected chi connectivity index (χ3v) is 3.17. The van der Waals surface area contributed by atoms with Crippen LogP contribution in [0.15, 0.2) is 4.99 Å². The van der Waals surface area contributed by atoms with E-state index in [1.165, 1.54) is 12.8 Å². The zero-order valence-corrected chi connectivity index (χ0v) is 14.0. The zero-order chi connectivity index (χ0) is 15.9. The van der Waals surface area contributed by atoms with E-state index in [0.29, 0.717) is 13.1 Å². The maximum atomic E-state index is 11.8. The van der Waals surface area contributed by atoms with Crippen molar-refractivity contribution in [1.82, 2.24) is 15.5 Å². The van der Waals surface area contributed by atoms with Gasteiger partial charge < -0.3 is 20.3 Å². The van der Waals surface area contributed by atoms with Crippen LogP contribution in [-0.2, 0) is 4.74 Å². The molecule has 1 saturated heterocycles. The highest BCUT2D eigenvalue weighted by molar-refractivity contribution is 5.80. The highest BCUT2D eigenvalue weighted by atomic mass is 16.6. The van der Waals surface area contributed by atoms with Crippen molar-refractivity contribution in [2.75, 3.05) is 26.7 Å². The number of amides is 1. The molecule has 1 heterocycles. The molecule has 0 spiro atoms. The number of rotatable bonds is 5. The summed E-state index contributed by atoms with van der Waals surface area (Å²) in [5.41, 5.74) is -0.438. The Morgan fingerprint density at radius 2 is 2.00 bits per heavy atom. The maximum Gasteiger partial charge on any atom is 0.410 e. The minimum absolute atomic E-state index is 0.244. The molecule has 0 unspecified atom stereocenters. The molecule has 6 nitrogen and oxygen atoms in total. The van der Waals surface area contributed by atoms with Gasteiger partial charge in [0.1, 0.15) is 5.60 Å². The number of hydrogen-bond donors (Lipinski definition) is 2. The van der Waals surface area contributed by atoms with Crippen molar-refractivity contribution in [3.05, 3.63) is 0 Å². The molecule has 0 aromatic rings. The first-order valence-corrected chi connectivity index (χ1v) is 7.81. The van der Waals surface area contributed by atoms with Crippen molar-refractivity contribution < 1.29 is 9.53 Å². The number of likely N-dealkylation sites (tertiary alicyclic amines) is 1. The van der Waals surface area contributed by atoms with E-state index in [1.807, 2.05) is 20.8 Å². The Morgan fingerprint density at radius 3 is 2.52 bits per heavy atom. The molecule has 2 N–H and O–H groups in total. The van der Waals surface area contributed by atoms with Crippen LogP contribution >= 0.6 is 0 Å². The van der Waals surface area contributed by atoms with Gasteiger partial charge in [-0.3, -0.25) is 4.99 Å². The molecule has 1 rings (SSSR count). The Morgan fingerprint density at radius 1 is 1.33 bits per heavy atom. The lowest BCUT2D eigenvalue weighted by molar-refractivity contribution is 0.00701. The summed E-state index contributed by atoms with van der Waals surface area (Å²) in [6.07, 6.45) is 3.33. The van der Waals surface area contributed by atoms with Crippen LogP contribution in [0.4, 0.5) is 4.79 Å². The summed E-state index contributed by atoms with van der Waals surface area (Å²) in [5.74, 6) is 0.806. The van der Waals surface area contributed by atoms with Crippen LogP contribution < -0.4 is 10.6 Å². The van der Waals surface area contributed by atoms with Crippen molar-refractivity contribution >= 4 is 12.1 Å². The van der Waals surface area contributed by atoms with Gasteiger partial charge in [0, 0.05) is 26.7 Å². The Labute approximate surface area is 128 Å². The number of nitrogens with one attached hydrogen (secondary N) is 2. The van der Waals surface area contributed by atoms with Crippen molar-refractivity contribution in [1.29, 1.82) is 0 Å². The van der Waals surface area contributed by atoms with Gasteiger partial charge in [0.05, 0.1) is 6.04 Å². The van der Waals surface area contributed by atoms with Crippen LogP contribution in [0.1, 0.15) is 47.0 Å². The predicted octanol–water partition coefficient (Wildman–Crippen LogP) is 1.96. The number of hydrogen-bond acceptors (Lipinski definition) is 3. The van der Waals surface area contributed by atoms with Gasteiger partial charge in [-0.05, 0) is 27.2 Å². The quantitative estimate of drug-likeness (QED) is 0.462. The average molecular weight is 298 g/mol. The molecule has 0 saturated carbocycles. The van der Waals surface area contributed by atoms with E-state index >= 15 is 0 Å². The van der Waals surface area contributed by atoms with Crippen molar-refractivity contribution in [2.24, 2.45) is 4.99 Å². The van der Waals surface area contributed by atoms with E-state index in [-0.39, 0.29) is 12.1 Å². The van der Waals surface area contributed by atoms with Crippen molar-refractivity contribution in [3.8, 4) is 0 Å². The van der Waals surface area contributed by atoms with Gasteiger partial charge in [-0.1, -0.05) is 19.8 Å². The first kappa shape index (κ1) is 17.6. The van der Waals surface area contributed by atoms with Gasteiger partial charge in [0.15, 0.2) is 5.96 Å². The average Bonchev–Trinajstić information content (AvgIpc) is 2.33. The lowest BCUT2D eigenvalue weighted by Gasteiger charge is -2.40. The standard InChI is InChI=1S/C15H30N4O2/c1-6-7-8-9-17-13(16-5)18-12-10-19(11-12)14(20)21-15(2,3)4/h12H,6-11H2,1-5H3,(H2,16,17,18). The molecule has 1 amide bonds. The molecule has 0 aromatic carbocycles. The first-order chi connectivity index (χ1) is 9.85. The lowest BCUT2D eigenvalue weighted by atomic mass is 10.1. The summed E-state index contributed by atoms with van der Waals surface area (Å²) >= 11 is 0. The summed E-state index contributed by atoms with van der Waals surface area (Å²) in [4.78, 5) is 17.7. The Bertz CT molecular complexity index is 357. The number of carbonyl (C=O) groups is 1. The second-order valence-electron chi connectivity index (χ2n) is 6.43. The highest BCUT2D eigenvalue weighted by Crippen LogP contribution is 2.15. The monoisotopic (exact) mass is 298 g/mol. The normalized spacial score (nSPS) is 16.4. The topological polar surface area (TPSA) is 66.0 Å². The number of unbranched alkanes of at least 4 members (excludes halogenated alkanes) is 2. The molecule has 122 valence electrons. The van der Waals surface area contributed by atoms with Crippen molar-refractivity contribution in [3.63, 3.8) is 0 Å². The third kappa shape index (κ3) is 6.69. The first-order valence-electron chi connectivity index (χ1n) is 7.81. The lowest BCUT2D eigenvalue weighted by Crippen LogP contribution is -2.63. The zero-order valence-electron chi connectivity index (χ0n) is 14.0. The Balaban J connectivity index is 2.22. The minimum Gasteiger partial charge on any atom is -0.444 e. The number of carbonyl (C=O) groups excluding carboxylic acids is 1. The molecule has 1 aliphatic heterocycles. The van der Waals surface area contributed by atoms with Gasteiger partial charge in [0.2, 0.25) is 0 Å². The van der Waals surface area contributed by atoms with E-state index in [0.717, 1.165) is 18.9 Å². The largest absolute Gasteiger partial charge is 0.444 e.